The molecule has 5 nitrogen and oxygen atoms in total. The summed E-state index contributed by atoms with van der Waals surface area (Å²) >= 11 is 1.70. The maximum absolute atomic E-state index is 5.70. The van der Waals surface area contributed by atoms with Gasteiger partial charge in [0.15, 0.2) is 0 Å². The van der Waals surface area contributed by atoms with Gasteiger partial charge in [-0.15, -0.1) is 11.3 Å². The van der Waals surface area contributed by atoms with Gasteiger partial charge in [-0.25, -0.2) is 4.98 Å². The summed E-state index contributed by atoms with van der Waals surface area (Å²) in [5.41, 5.74) is 5.05. The molecule has 0 saturated carbocycles. The summed E-state index contributed by atoms with van der Waals surface area (Å²) in [6, 6.07) is 4.28. The van der Waals surface area contributed by atoms with Crippen molar-refractivity contribution in [2.24, 2.45) is 12.9 Å². The Morgan fingerprint density at radius 1 is 1.45 bits per heavy atom. The lowest BCUT2D eigenvalue weighted by Crippen LogP contribution is -2.28. The Labute approximate surface area is 121 Å². The molecular formula is C14H17N5S. The highest BCUT2D eigenvalue weighted by Gasteiger charge is 2.12. The van der Waals surface area contributed by atoms with Crippen LogP contribution in [0.3, 0.4) is 0 Å². The van der Waals surface area contributed by atoms with Crippen LogP contribution in [-0.4, -0.2) is 14.5 Å². The van der Waals surface area contributed by atoms with E-state index in [4.69, 9.17) is 5.84 Å². The van der Waals surface area contributed by atoms with E-state index in [0.29, 0.717) is 0 Å². The first-order chi connectivity index (χ1) is 9.78. The fourth-order valence-corrected chi connectivity index (χ4v) is 3.10. The first-order valence-corrected chi connectivity index (χ1v) is 7.41. The minimum atomic E-state index is 0.0886. The number of aromatic nitrogens is 3. The molecule has 0 saturated heterocycles. The van der Waals surface area contributed by atoms with Gasteiger partial charge in [-0.2, -0.15) is 0 Å². The van der Waals surface area contributed by atoms with Crippen LogP contribution in [0.4, 0.5) is 0 Å². The minimum absolute atomic E-state index is 0.0886. The molecule has 3 aromatic rings. The predicted molar refractivity (Wildman–Crippen MR) is 81.2 cm³/mol. The van der Waals surface area contributed by atoms with Gasteiger partial charge in [-0.3, -0.25) is 16.3 Å². The molecule has 0 radical (unpaired) electrons. The molecule has 1 atom stereocenters. The first kappa shape index (κ1) is 13.2. The largest absolute Gasteiger partial charge is 0.338 e. The molecule has 3 heterocycles. The number of pyridine rings is 1. The van der Waals surface area contributed by atoms with Crippen molar-refractivity contribution < 1.29 is 0 Å². The van der Waals surface area contributed by atoms with E-state index in [1.54, 1.807) is 11.3 Å². The number of imidazole rings is 1. The van der Waals surface area contributed by atoms with Crippen molar-refractivity contribution in [2.45, 2.75) is 18.9 Å². The van der Waals surface area contributed by atoms with Crippen LogP contribution >= 0.6 is 11.3 Å². The van der Waals surface area contributed by atoms with Crippen LogP contribution in [-0.2, 0) is 13.5 Å². The van der Waals surface area contributed by atoms with Crippen molar-refractivity contribution in [3.63, 3.8) is 0 Å². The number of nitrogens with one attached hydrogen (secondary N) is 1. The standard InChI is InChI=1S/C14H17N5S/c1-19-6-5-16-14(19)3-2-11(18-15)10-8-13-12(17-9-10)4-7-20-13/h4-9,11,18H,2-3,15H2,1H3. The quantitative estimate of drug-likeness (QED) is 0.557. The van der Waals surface area contributed by atoms with Gasteiger partial charge in [0.05, 0.1) is 10.2 Å². The second-order valence-corrected chi connectivity index (χ2v) is 5.73. The van der Waals surface area contributed by atoms with Gasteiger partial charge in [-0.1, -0.05) is 0 Å². The molecule has 3 N–H and O–H groups in total. The Hall–Kier alpha value is -1.76. The fraction of sp³-hybridized carbons (Fsp3) is 0.286. The molecule has 0 amide bonds. The predicted octanol–water partition coefficient (Wildman–Crippen LogP) is 2.17. The molecule has 0 bridgehead atoms. The van der Waals surface area contributed by atoms with E-state index in [1.807, 2.05) is 36.3 Å². The molecular weight excluding hydrogens is 270 g/mol. The number of thiophene rings is 1. The summed E-state index contributed by atoms with van der Waals surface area (Å²) in [5.74, 6) is 6.77. The van der Waals surface area contributed by atoms with E-state index in [9.17, 15) is 0 Å². The van der Waals surface area contributed by atoms with Crippen LogP contribution < -0.4 is 11.3 Å². The highest BCUT2D eigenvalue weighted by atomic mass is 32.1. The minimum Gasteiger partial charge on any atom is -0.338 e. The summed E-state index contributed by atoms with van der Waals surface area (Å²) in [6.07, 6.45) is 7.44. The van der Waals surface area contributed by atoms with Crippen LogP contribution in [0.5, 0.6) is 0 Å². The van der Waals surface area contributed by atoms with E-state index in [0.717, 1.165) is 29.7 Å². The molecule has 3 aromatic heterocycles. The number of hydrogen-bond acceptors (Lipinski definition) is 5. The van der Waals surface area contributed by atoms with E-state index in [-0.39, 0.29) is 6.04 Å². The Morgan fingerprint density at radius 2 is 2.35 bits per heavy atom. The lowest BCUT2D eigenvalue weighted by Gasteiger charge is -2.15. The third kappa shape index (κ3) is 2.58. The SMILES string of the molecule is Cn1ccnc1CCC(NN)c1cnc2ccsc2c1. The Bertz CT molecular complexity index is 702. The molecule has 0 aromatic carbocycles. The number of hydrogen-bond donors (Lipinski definition) is 2. The maximum Gasteiger partial charge on any atom is 0.108 e. The average molecular weight is 287 g/mol. The van der Waals surface area contributed by atoms with Gasteiger partial charge in [0.1, 0.15) is 5.82 Å². The van der Waals surface area contributed by atoms with Crippen molar-refractivity contribution in [1.82, 2.24) is 20.0 Å². The average Bonchev–Trinajstić information content (AvgIpc) is 3.08. The lowest BCUT2D eigenvalue weighted by atomic mass is 10.0. The van der Waals surface area contributed by atoms with Crippen LogP contribution in [0, 0.1) is 0 Å². The Kier molecular flexibility index (Phi) is 3.77. The fourth-order valence-electron chi connectivity index (χ4n) is 2.31. The highest BCUT2D eigenvalue weighted by Crippen LogP contribution is 2.24. The number of fused-ring (bicyclic) bond motifs is 1. The van der Waals surface area contributed by atoms with E-state index in [1.165, 1.54) is 4.70 Å². The number of rotatable bonds is 5. The summed E-state index contributed by atoms with van der Waals surface area (Å²) in [7, 11) is 2.01. The van der Waals surface area contributed by atoms with Crippen molar-refractivity contribution >= 4 is 21.6 Å². The number of hydrazine groups is 1. The van der Waals surface area contributed by atoms with Gasteiger partial charge < -0.3 is 4.57 Å². The highest BCUT2D eigenvalue weighted by molar-refractivity contribution is 7.17. The van der Waals surface area contributed by atoms with E-state index < -0.39 is 0 Å². The van der Waals surface area contributed by atoms with Gasteiger partial charge >= 0.3 is 0 Å². The molecule has 0 aliphatic rings. The van der Waals surface area contributed by atoms with Crippen LogP contribution in [0.15, 0.2) is 36.1 Å². The van der Waals surface area contributed by atoms with Crippen molar-refractivity contribution in [3.05, 3.63) is 47.5 Å². The molecule has 1 unspecified atom stereocenters. The smallest absolute Gasteiger partial charge is 0.108 e. The van der Waals surface area contributed by atoms with Gasteiger partial charge in [0.2, 0.25) is 0 Å². The Balaban J connectivity index is 1.76. The zero-order chi connectivity index (χ0) is 13.9. The monoisotopic (exact) mass is 287 g/mol. The molecule has 0 spiro atoms. The van der Waals surface area contributed by atoms with Crippen LogP contribution in [0.1, 0.15) is 23.9 Å². The van der Waals surface area contributed by atoms with Gasteiger partial charge in [0, 0.05) is 38.1 Å². The normalized spacial score (nSPS) is 12.9. The molecule has 0 fully saturated rings. The van der Waals surface area contributed by atoms with Crippen LogP contribution in [0.2, 0.25) is 0 Å². The van der Waals surface area contributed by atoms with Gasteiger partial charge in [-0.05, 0) is 29.5 Å². The van der Waals surface area contributed by atoms with Crippen molar-refractivity contribution in [2.75, 3.05) is 0 Å². The number of nitrogens with two attached hydrogens (primary N) is 1. The topological polar surface area (TPSA) is 68.8 Å². The first-order valence-electron chi connectivity index (χ1n) is 6.53. The third-order valence-electron chi connectivity index (χ3n) is 3.50. The zero-order valence-electron chi connectivity index (χ0n) is 11.3. The molecule has 104 valence electrons. The molecule has 0 aliphatic carbocycles. The lowest BCUT2D eigenvalue weighted by molar-refractivity contribution is 0.506. The van der Waals surface area contributed by atoms with Crippen molar-refractivity contribution in [3.8, 4) is 0 Å². The van der Waals surface area contributed by atoms with Gasteiger partial charge in [0.25, 0.3) is 0 Å². The molecule has 20 heavy (non-hydrogen) atoms. The third-order valence-corrected chi connectivity index (χ3v) is 4.36. The zero-order valence-corrected chi connectivity index (χ0v) is 12.1. The summed E-state index contributed by atoms with van der Waals surface area (Å²) in [6.45, 7) is 0. The molecule has 3 rings (SSSR count). The summed E-state index contributed by atoms with van der Waals surface area (Å²) in [5, 5.41) is 2.06. The maximum atomic E-state index is 5.70. The summed E-state index contributed by atoms with van der Waals surface area (Å²) < 4.78 is 3.23. The molecule has 6 heteroatoms. The second kappa shape index (κ2) is 5.70. The second-order valence-electron chi connectivity index (χ2n) is 4.78. The van der Waals surface area contributed by atoms with Crippen LogP contribution in [0.25, 0.3) is 10.2 Å². The Morgan fingerprint density at radius 3 is 3.10 bits per heavy atom. The van der Waals surface area contributed by atoms with Crippen molar-refractivity contribution in [1.29, 1.82) is 0 Å². The van der Waals surface area contributed by atoms with E-state index in [2.05, 4.69) is 26.8 Å². The number of nitrogens with zero attached hydrogens (tertiary/aromatic N) is 3. The summed E-state index contributed by atoms with van der Waals surface area (Å²) in [4.78, 5) is 8.80. The molecule has 0 aliphatic heterocycles. The number of aryl methyl sites for hydroxylation is 2. The van der Waals surface area contributed by atoms with E-state index >= 15 is 0 Å².